The average molecular weight is 1960 g/mol. The lowest BCUT2D eigenvalue weighted by molar-refractivity contribution is 0.0836. The van der Waals surface area contributed by atoms with Gasteiger partial charge in [-0.15, -0.1) is 0 Å². The van der Waals surface area contributed by atoms with Crippen LogP contribution >= 0.6 is 46.4 Å². The van der Waals surface area contributed by atoms with Gasteiger partial charge in [-0.05, 0) is 245 Å². The van der Waals surface area contributed by atoms with Crippen molar-refractivity contribution in [1.82, 2.24) is 78.6 Å². The number of ether oxygens (including phenoxy) is 8. The van der Waals surface area contributed by atoms with Crippen LogP contribution in [0.5, 0.6) is 17.2 Å². The highest BCUT2D eigenvalue weighted by atomic mass is 35.5. The topological polar surface area (TPSA) is 276 Å². The number of aromatic amines is 4. The number of hydrogen-bond donors (Lipinski definition) is 4. The van der Waals surface area contributed by atoms with Gasteiger partial charge in [-0.3, -0.25) is 29.2 Å². The first kappa shape index (κ1) is 98.7. The third kappa shape index (κ3) is 24.0. The standard InChI is InChI=1S/C30H40ClN5O2.C26H26ClFN4O3.C25H26ClN5O3.C24H27ClN2O4/c1-4-38-30(37)36-14-11-25-26-20-24(31)9-10-27(26)32-28(25)29(36)23-8-5-7-22(19-23)21-35-17-15-34(16-18-35)13-6-12-33(2)3;27-19-4-7-23-22(16-19)21-8-12-32(26(33)35-15-9-28)25(24(21)30-23)18-2-5-20(6-3-18)34-14-1-11-31-13-10-29-17-31;1-2-33-25(32)31-12-10-20-21-14-18(26)6-9-22(21)29-23(20)24(31)17-4-7-19(8-5-17)34-13-3-11-30-16-27-15-28-30;1-3-12-31-24(28)27-11-10-19-20-15-17(25)6-9-21(20)26-22(19)23(27)16-4-7-18(8-5-16)30-14-13-29-2/h5,7-10,19-20,29,32H,4,6,11-18,21H2,1-3H3;2-7,10,13,16-17,25,30H,1,8-9,11-12,14-15H2;4-9,14-16,24,29H,2-3,10-13H2,1H3;4-9,15,23,26H,3,10-14H2,1-2H3. The number of imidazole rings is 1. The van der Waals surface area contributed by atoms with Gasteiger partial charge >= 0.3 is 24.4 Å². The maximum absolute atomic E-state index is 13.1. The number of aromatic nitrogens is 9. The number of aryl methyl sites for hydroxylation is 2. The van der Waals surface area contributed by atoms with E-state index in [9.17, 15) is 23.6 Å². The van der Waals surface area contributed by atoms with Crippen LogP contribution in [0.25, 0.3) is 43.6 Å². The number of carbonyl (C=O) groups is 4. The number of nitrogens with one attached hydrogen (secondary N) is 4. The third-order valence-electron chi connectivity index (χ3n) is 25.6. The van der Waals surface area contributed by atoms with Gasteiger partial charge < -0.3 is 72.2 Å². The van der Waals surface area contributed by atoms with Crippen molar-refractivity contribution < 1.29 is 61.5 Å². The molecule has 4 amide bonds. The number of nitrogens with zero attached hydrogens (tertiary/aromatic N) is 12. The smallest absolute Gasteiger partial charge is 0.410 e. The highest BCUT2D eigenvalue weighted by Crippen LogP contribution is 2.46. The van der Waals surface area contributed by atoms with E-state index in [2.05, 4.69) is 88.1 Å². The SMILES string of the molecule is CCCOC(=O)N1CCc2c([nH]c3ccc(Cl)cc23)C1c1ccc(OCCOC)cc1.CCOC(=O)N1CCc2c([nH]c3ccc(Cl)cc23)C1c1ccc(OCCCn2cncn2)cc1.CCOC(=O)N1CCc2c([nH]c3ccc(Cl)cc23)C1c1cccc(CN2CCN(CCCN(C)C)CC2)c1.O=C(OCCF)N1CCc2c([nH]c3ccc(Cl)cc23)C1c1ccc(OCCCn2ccnc2)cc1. The van der Waals surface area contributed by atoms with E-state index in [0.29, 0.717) is 93.9 Å². The first-order chi connectivity index (χ1) is 67.3. The minimum Gasteiger partial charge on any atom is -0.494 e. The predicted molar refractivity (Wildman–Crippen MR) is 536 cm³/mol. The summed E-state index contributed by atoms with van der Waals surface area (Å²) in [6.07, 6.45) is 13.9. The molecule has 138 heavy (non-hydrogen) atoms. The van der Waals surface area contributed by atoms with Crippen LogP contribution < -0.4 is 14.2 Å². The lowest BCUT2D eigenvalue weighted by atomic mass is 9.92. The molecule has 8 aromatic carbocycles. The van der Waals surface area contributed by atoms with Crippen LogP contribution in [-0.2, 0) is 69.0 Å². The van der Waals surface area contributed by atoms with Crippen LogP contribution in [0.3, 0.4) is 0 Å². The molecule has 11 heterocycles. The summed E-state index contributed by atoms with van der Waals surface area (Å²) in [5.74, 6) is 2.30. The average Bonchev–Trinajstić information content (AvgIpc) is 1.60. The van der Waals surface area contributed by atoms with Crippen molar-refractivity contribution in [2.45, 2.75) is 116 Å². The molecule has 0 spiro atoms. The van der Waals surface area contributed by atoms with Gasteiger partial charge in [0.2, 0.25) is 0 Å². The van der Waals surface area contributed by atoms with Gasteiger partial charge in [-0.1, -0.05) is 114 Å². The Morgan fingerprint density at radius 3 is 1.23 bits per heavy atom. The Kier molecular flexibility index (Phi) is 33.9. The summed E-state index contributed by atoms with van der Waals surface area (Å²) in [5.41, 5.74) is 18.0. The molecule has 1 fully saturated rings. The summed E-state index contributed by atoms with van der Waals surface area (Å²) in [5, 5.41) is 11.3. The van der Waals surface area contributed by atoms with Crippen molar-refractivity contribution in [1.29, 1.82) is 0 Å². The Labute approximate surface area is 822 Å². The molecule has 4 atom stereocenters. The molecule has 5 aliphatic heterocycles. The van der Waals surface area contributed by atoms with Crippen LogP contribution in [-0.4, -0.2) is 249 Å². The molecule has 0 bridgehead atoms. The molecule has 1 saturated heterocycles. The molecule has 5 aliphatic rings. The highest BCUT2D eigenvalue weighted by Gasteiger charge is 2.41. The first-order valence-electron chi connectivity index (χ1n) is 47.5. The monoisotopic (exact) mass is 1950 g/mol. The highest BCUT2D eigenvalue weighted by molar-refractivity contribution is 6.32. The van der Waals surface area contributed by atoms with Crippen molar-refractivity contribution in [3.63, 3.8) is 0 Å². The fourth-order valence-corrected chi connectivity index (χ4v) is 19.8. The lowest BCUT2D eigenvalue weighted by Gasteiger charge is -2.36. The molecule has 4 unspecified atom stereocenters. The maximum Gasteiger partial charge on any atom is 0.410 e. The number of amides is 4. The van der Waals surface area contributed by atoms with Gasteiger partial charge in [-0.2, -0.15) is 5.10 Å². The molecule has 4 N–H and O–H groups in total. The maximum atomic E-state index is 13.1. The minimum atomic E-state index is -0.715. The second-order valence-corrected chi connectivity index (χ2v) is 36.7. The van der Waals surface area contributed by atoms with E-state index in [4.69, 9.17) is 84.3 Å². The van der Waals surface area contributed by atoms with Crippen LogP contribution in [0.1, 0.15) is 143 Å². The molecule has 19 rings (SSSR count). The number of rotatable bonds is 30. The zero-order chi connectivity index (χ0) is 96.1. The zero-order valence-corrected chi connectivity index (χ0v) is 81.8. The normalized spacial score (nSPS) is 16.3. The third-order valence-corrected chi connectivity index (χ3v) is 26.5. The van der Waals surface area contributed by atoms with Crippen LogP contribution in [0.2, 0.25) is 20.1 Å². The van der Waals surface area contributed by atoms with Crippen LogP contribution in [0.15, 0.2) is 201 Å². The van der Waals surface area contributed by atoms with Gasteiger partial charge in [0.25, 0.3) is 0 Å². The number of halogens is 5. The largest absolute Gasteiger partial charge is 0.494 e. The second kappa shape index (κ2) is 47.4. The second-order valence-electron chi connectivity index (χ2n) is 35.0. The van der Waals surface area contributed by atoms with E-state index in [1.807, 2.05) is 182 Å². The number of methoxy groups -OCH3 is 1. The molecule has 0 radical (unpaired) electrons. The molecule has 28 nitrogen and oxygen atoms in total. The van der Waals surface area contributed by atoms with Gasteiger partial charge in [0.15, 0.2) is 0 Å². The van der Waals surface area contributed by atoms with Crippen molar-refractivity contribution >= 4 is 114 Å². The fourth-order valence-electron chi connectivity index (χ4n) is 19.1. The van der Waals surface area contributed by atoms with E-state index in [-0.39, 0.29) is 43.0 Å². The molecular formula is C105H119Cl4FN16O12. The number of piperazine rings is 1. The number of hydrogen-bond acceptors (Lipinski definition) is 18. The van der Waals surface area contributed by atoms with Crippen molar-refractivity contribution in [3.05, 3.63) is 294 Å². The minimum absolute atomic E-state index is 0.225. The van der Waals surface area contributed by atoms with E-state index in [1.165, 1.54) is 41.5 Å². The van der Waals surface area contributed by atoms with Gasteiger partial charge in [0.1, 0.15) is 74.0 Å². The van der Waals surface area contributed by atoms with Crippen LogP contribution in [0, 0.1) is 0 Å². The number of fused-ring (bicyclic) bond motifs is 12. The van der Waals surface area contributed by atoms with E-state index in [1.54, 1.807) is 45.3 Å². The lowest BCUT2D eigenvalue weighted by Crippen LogP contribution is -2.46. The Morgan fingerprint density at radius 1 is 0.428 bits per heavy atom. The van der Waals surface area contributed by atoms with Gasteiger partial charge in [0, 0.05) is 184 Å². The van der Waals surface area contributed by atoms with Crippen molar-refractivity contribution in [2.75, 3.05) is 146 Å². The van der Waals surface area contributed by atoms with Crippen LogP contribution in [0.4, 0.5) is 23.6 Å². The van der Waals surface area contributed by atoms with Gasteiger partial charge in [-0.25, -0.2) is 33.5 Å². The fraction of sp³-hybridized carbons (Fsp3) is 0.381. The molecular weight excluding hydrogens is 1840 g/mol. The van der Waals surface area contributed by atoms with Crippen molar-refractivity contribution in [3.8, 4) is 17.2 Å². The molecule has 6 aromatic heterocycles. The van der Waals surface area contributed by atoms with Crippen molar-refractivity contribution in [2.24, 2.45) is 0 Å². The summed E-state index contributed by atoms with van der Waals surface area (Å²) in [7, 11) is 5.92. The van der Waals surface area contributed by atoms with E-state index >= 15 is 0 Å². The summed E-state index contributed by atoms with van der Waals surface area (Å²) < 4.78 is 60.5. The Hall–Kier alpha value is -12.3. The van der Waals surface area contributed by atoms with E-state index in [0.717, 1.165) is 207 Å². The van der Waals surface area contributed by atoms with Gasteiger partial charge in [0.05, 0.1) is 46.0 Å². The summed E-state index contributed by atoms with van der Waals surface area (Å²) in [6.45, 7) is 19.4. The molecule has 0 saturated carbocycles. The summed E-state index contributed by atoms with van der Waals surface area (Å²) in [4.78, 5) is 88.3. The Bertz CT molecular complexity index is 6390. The molecule has 33 heteroatoms. The quantitative estimate of drug-likeness (QED) is 0.0240. The first-order valence-corrected chi connectivity index (χ1v) is 49.0. The number of carbonyl (C=O) groups excluding carboxylic acids is 4. The summed E-state index contributed by atoms with van der Waals surface area (Å²) in [6, 6.07) is 54.4. The molecule has 14 aromatic rings. The molecule has 0 aliphatic carbocycles. The van der Waals surface area contributed by atoms with E-state index < -0.39 is 18.8 Å². The number of benzene rings is 8. The number of H-pyrrole nitrogens is 4. The Balaban J connectivity index is 0.000000133. The zero-order valence-electron chi connectivity index (χ0n) is 78.7. The summed E-state index contributed by atoms with van der Waals surface area (Å²) >= 11 is 25.1. The Morgan fingerprint density at radius 2 is 0.841 bits per heavy atom. The predicted octanol–water partition coefficient (Wildman–Crippen LogP) is 20.9. The molecule has 726 valence electrons. The number of alkyl halides is 1.